The molecule has 0 saturated carbocycles. The highest BCUT2D eigenvalue weighted by Gasteiger charge is 2.22. The molecule has 1 heterocycles. The molecule has 0 aliphatic carbocycles. The zero-order valence-corrected chi connectivity index (χ0v) is 17.9. The van der Waals surface area contributed by atoms with Gasteiger partial charge in [-0.1, -0.05) is 46.1 Å². The van der Waals surface area contributed by atoms with Gasteiger partial charge in [0.05, 0.1) is 16.3 Å². The smallest absolute Gasteiger partial charge is 0.291 e. The van der Waals surface area contributed by atoms with Crippen LogP contribution in [0, 0.1) is 6.92 Å². The molecule has 0 radical (unpaired) electrons. The third kappa shape index (κ3) is 4.73. The molecule has 0 atom stereocenters. The van der Waals surface area contributed by atoms with Gasteiger partial charge in [0, 0.05) is 10.0 Å². The van der Waals surface area contributed by atoms with E-state index in [0.717, 1.165) is 0 Å². The van der Waals surface area contributed by atoms with Crippen molar-refractivity contribution in [3.8, 4) is 0 Å². The van der Waals surface area contributed by atoms with E-state index in [2.05, 4.69) is 20.2 Å². The summed E-state index contributed by atoms with van der Waals surface area (Å²) in [4.78, 5) is 12.3. The minimum Gasteiger partial charge on any atom is -0.296 e. The summed E-state index contributed by atoms with van der Waals surface area (Å²) in [6.45, 7) is 1.71. The number of hydrogen-bond acceptors (Lipinski definition) is 6. The van der Waals surface area contributed by atoms with E-state index in [4.69, 9.17) is 34.8 Å². The number of hydrogen-bond donors (Lipinski definition) is 2. The van der Waals surface area contributed by atoms with E-state index in [-0.39, 0.29) is 20.1 Å². The molecular formula is C16H11Cl3N4O3S2. The molecule has 0 aliphatic heterocycles. The lowest BCUT2D eigenvalue weighted by Crippen LogP contribution is -2.13. The number of carbonyl (C=O) groups is 1. The first kappa shape index (κ1) is 20.8. The molecule has 2 N–H and O–H groups in total. The van der Waals surface area contributed by atoms with Crippen LogP contribution in [0.5, 0.6) is 0 Å². The fourth-order valence-electron chi connectivity index (χ4n) is 2.14. The standard InChI is InChI=1S/C16H11Cl3N4O3S2/c1-8-6-9(17)3-5-13(8)23-28(25,26)16-22-21-15(27-16)20-14(24)11-4-2-10(18)7-12(11)19/h2-7,23H,1H3,(H,20,21,24). The van der Waals surface area contributed by atoms with Crippen LogP contribution in [-0.4, -0.2) is 24.5 Å². The van der Waals surface area contributed by atoms with Crippen LogP contribution in [-0.2, 0) is 10.0 Å². The molecule has 3 rings (SSSR count). The summed E-state index contributed by atoms with van der Waals surface area (Å²) in [6.07, 6.45) is 0. The second-order valence-corrected chi connectivity index (χ2v) is 9.63. The lowest BCUT2D eigenvalue weighted by atomic mass is 10.2. The van der Waals surface area contributed by atoms with Crippen molar-refractivity contribution in [3.63, 3.8) is 0 Å². The molecule has 28 heavy (non-hydrogen) atoms. The maximum absolute atomic E-state index is 12.5. The predicted molar refractivity (Wildman–Crippen MR) is 111 cm³/mol. The molecule has 3 aromatic rings. The van der Waals surface area contributed by atoms with Gasteiger partial charge in [0.1, 0.15) is 0 Å². The molecule has 0 fully saturated rings. The Morgan fingerprint density at radius 2 is 1.71 bits per heavy atom. The Morgan fingerprint density at radius 3 is 2.39 bits per heavy atom. The number of aromatic nitrogens is 2. The monoisotopic (exact) mass is 476 g/mol. The van der Waals surface area contributed by atoms with Crippen LogP contribution >= 0.6 is 46.1 Å². The number of aryl methyl sites for hydroxylation is 1. The Hall–Kier alpha value is -1.91. The predicted octanol–water partition coefficient (Wildman–Crippen LogP) is 4.86. The fraction of sp³-hybridized carbons (Fsp3) is 0.0625. The van der Waals surface area contributed by atoms with E-state index in [9.17, 15) is 13.2 Å². The number of nitrogens with one attached hydrogen (secondary N) is 2. The van der Waals surface area contributed by atoms with Crippen LogP contribution < -0.4 is 10.0 Å². The van der Waals surface area contributed by atoms with Gasteiger partial charge in [-0.15, -0.1) is 10.2 Å². The van der Waals surface area contributed by atoms with E-state index in [1.165, 1.54) is 18.2 Å². The van der Waals surface area contributed by atoms with Crippen molar-refractivity contribution in [1.82, 2.24) is 10.2 Å². The van der Waals surface area contributed by atoms with E-state index >= 15 is 0 Å². The third-order valence-electron chi connectivity index (χ3n) is 3.47. The maximum atomic E-state index is 12.5. The third-order valence-corrected chi connectivity index (χ3v) is 6.82. The van der Waals surface area contributed by atoms with E-state index < -0.39 is 15.9 Å². The van der Waals surface area contributed by atoms with Gasteiger partial charge in [0.25, 0.3) is 20.3 Å². The second kappa shape index (κ2) is 8.22. The minimum absolute atomic E-state index is 0.00391. The average Bonchev–Trinajstić information content (AvgIpc) is 3.06. The molecule has 1 aromatic heterocycles. The zero-order chi connectivity index (χ0) is 20.5. The molecule has 0 unspecified atom stereocenters. The molecule has 0 bridgehead atoms. The van der Waals surface area contributed by atoms with Crippen LogP contribution in [0.25, 0.3) is 0 Å². The number of sulfonamides is 1. The van der Waals surface area contributed by atoms with Gasteiger partial charge in [-0.2, -0.15) is 8.42 Å². The molecule has 12 heteroatoms. The largest absolute Gasteiger partial charge is 0.296 e. The van der Waals surface area contributed by atoms with E-state index in [1.54, 1.807) is 25.1 Å². The van der Waals surface area contributed by atoms with Gasteiger partial charge in [-0.3, -0.25) is 14.8 Å². The van der Waals surface area contributed by atoms with Crippen LogP contribution in [0.15, 0.2) is 40.7 Å². The summed E-state index contributed by atoms with van der Waals surface area (Å²) in [5.41, 5.74) is 1.17. The topological polar surface area (TPSA) is 101 Å². The van der Waals surface area contributed by atoms with Crippen molar-refractivity contribution in [3.05, 3.63) is 62.6 Å². The van der Waals surface area contributed by atoms with Gasteiger partial charge in [0.2, 0.25) is 5.13 Å². The summed E-state index contributed by atoms with van der Waals surface area (Å²) in [5, 5.41) is 10.8. The molecular weight excluding hydrogens is 467 g/mol. The van der Waals surface area contributed by atoms with Gasteiger partial charge >= 0.3 is 0 Å². The molecule has 1 amide bonds. The van der Waals surface area contributed by atoms with Crippen molar-refractivity contribution in [2.24, 2.45) is 0 Å². The van der Waals surface area contributed by atoms with Gasteiger partial charge in [-0.05, 0) is 48.9 Å². The highest BCUT2D eigenvalue weighted by molar-refractivity contribution is 7.94. The van der Waals surface area contributed by atoms with Gasteiger partial charge < -0.3 is 0 Å². The lowest BCUT2D eigenvalue weighted by molar-refractivity contribution is 0.102. The molecule has 7 nitrogen and oxygen atoms in total. The summed E-state index contributed by atoms with van der Waals surface area (Å²) in [7, 11) is -3.99. The normalized spacial score (nSPS) is 11.3. The number of anilines is 2. The number of benzene rings is 2. The number of nitrogens with zero attached hydrogens (tertiary/aromatic N) is 2. The molecule has 0 saturated heterocycles. The van der Waals surface area contributed by atoms with Crippen LogP contribution in [0.1, 0.15) is 15.9 Å². The van der Waals surface area contributed by atoms with Crippen LogP contribution in [0.4, 0.5) is 10.8 Å². The Kier molecular flexibility index (Phi) is 6.11. The first-order valence-corrected chi connectivity index (χ1v) is 11.0. The average molecular weight is 478 g/mol. The van der Waals surface area contributed by atoms with Crippen molar-refractivity contribution in [1.29, 1.82) is 0 Å². The Morgan fingerprint density at radius 1 is 1.04 bits per heavy atom. The number of rotatable bonds is 5. The number of amides is 1. The first-order chi connectivity index (χ1) is 13.2. The Balaban J connectivity index is 1.78. The van der Waals surface area contributed by atoms with Crippen molar-refractivity contribution >= 4 is 72.9 Å². The summed E-state index contributed by atoms with van der Waals surface area (Å²) >= 11 is 18.4. The molecule has 0 spiro atoms. The highest BCUT2D eigenvalue weighted by Crippen LogP contribution is 2.27. The van der Waals surface area contributed by atoms with E-state index in [0.29, 0.717) is 32.6 Å². The lowest BCUT2D eigenvalue weighted by Gasteiger charge is -2.08. The summed E-state index contributed by atoms with van der Waals surface area (Å²) in [5.74, 6) is -0.566. The fourth-order valence-corrected chi connectivity index (χ4v) is 4.89. The Bertz CT molecular complexity index is 1170. The molecule has 0 aliphatic rings. The highest BCUT2D eigenvalue weighted by atomic mass is 35.5. The zero-order valence-electron chi connectivity index (χ0n) is 14.0. The molecule has 2 aromatic carbocycles. The minimum atomic E-state index is -3.99. The van der Waals surface area contributed by atoms with Gasteiger partial charge in [-0.25, -0.2) is 0 Å². The summed E-state index contributed by atoms with van der Waals surface area (Å²) in [6, 6.07) is 9.11. The van der Waals surface area contributed by atoms with Crippen LogP contribution in [0.3, 0.4) is 0 Å². The number of halogens is 3. The first-order valence-electron chi connectivity index (χ1n) is 7.54. The van der Waals surface area contributed by atoms with Crippen molar-refractivity contribution in [2.45, 2.75) is 11.3 Å². The Labute approximate surface area is 179 Å². The quantitative estimate of drug-likeness (QED) is 0.511. The SMILES string of the molecule is Cc1cc(Cl)ccc1NS(=O)(=O)c1nnc(NC(=O)c2ccc(Cl)cc2Cl)s1. The van der Waals surface area contributed by atoms with Crippen LogP contribution in [0.2, 0.25) is 15.1 Å². The number of carbonyl (C=O) groups excluding carboxylic acids is 1. The van der Waals surface area contributed by atoms with Crippen molar-refractivity contribution < 1.29 is 13.2 Å². The van der Waals surface area contributed by atoms with Gasteiger partial charge in [0.15, 0.2) is 0 Å². The van der Waals surface area contributed by atoms with Crippen molar-refractivity contribution in [2.75, 3.05) is 10.0 Å². The summed E-state index contributed by atoms with van der Waals surface area (Å²) < 4.78 is 27.1. The second-order valence-electron chi connectivity index (χ2n) is 5.52. The maximum Gasteiger partial charge on any atom is 0.291 e. The van der Waals surface area contributed by atoms with E-state index in [1.807, 2.05) is 0 Å². The molecule has 146 valence electrons.